The number of aldehydes is 1. The van der Waals surface area contributed by atoms with Gasteiger partial charge in [0.25, 0.3) is 0 Å². The first-order valence-electron chi connectivity index (χ1n) is 10.00. The summed E-state index contributed by atoms with van der Waals surface area (Å²) in [7, 11) is 0. The number of fused-ring (bicyclic) bond motifs is 1. The van der Waals surface area contributed by atoms with Crippen LogP contribution in [0.2, 0.25) is 0 Å². The molecule has 2 heteroatoms. The van der Waals surface area contributed by atoms with Crippen LogP contribution in [-0.2, 0) is 4.79 Å². The third-order valence-electron chi connectivity index (χ3n) is 8.30. The molecule has 6 rings (SSSR count). The van der Waals surface area contributed by atoms with Crippen molar-refractivity contribution >= 4 is 6.29 Å². The number of hydrogen-bond donors (Lipinski definition) is 1. The number of hydrogen-bond acceptors (Lipinski definition) is 2. The molecule has 1 saturated heterocycles. The molecule has 22 heavy (non-hydrogen) atoms. The number of nitrogens with one attached hydrogen (secondary N) is 1. The summed E-state index contributed by atoms with van der Waals surface area (Å²) in [5.41, 5.74) is 0.0634. The molecule has 0 aromatic rings. The van der Waals surface area contributed by atoms with E-state index in [9.17, 15) is 4.79 Å². The highest BCUT2D eigenvalue weighted by atomic mass is 16.1. The SMILES string of the molecule is O=CC12CC3CC(CC(C3)C1C1CCC3CCCCC3N1)C2. The Kier molecular flexibility index (Phi) is 3.22. The zero-order chi connectivity index (χ0) is 14.7. The van der Waals surface area contributed by atoms with Gasteiger partial charge in [-0.2, -0.15) is 0 Å². The van der Waals surface area contributed by atoms with E-state index in [2.05, 4.69) is 5.32 Å². The van der Waals surface area contributed by atoms with E-state index >= 15 is 0 Å². The van der Waals surface area contributed by atoms with Crippen molar-refractivity contribution in [2.75, 3.05) is 0 Å². The van der Waals surface area contributed by atoms with E-state index in [4.69, 9.17) is 0 Å². The van der Waals surface area contributed by atoms with Crippen LogP contribution < -0.4 is 5.32 Å². The molecule has 1 heterocycles. The third-order valence-corrected chi connectivity index (χ3v) is 8.30. The second kappa shape index (κ2) is 5.06. The van der Waals surface area contributed by atoms with Gasteiger partial charge in [-0.05, 0) is 87.4 Å². The zero-order valence-corrected chi connectivity index (χ0v) is 13.8. The summed E-state index contributed by atoms with van der Waals surface area (Å²) in [5.74, 6) is 4.22. The van der Waals surface area contributed by atoms with Crippen molar-refractivity contribution in [3.63, 3.8) is 0 Å². The van der Waals surface area contributed by atoms with Gasteiger partial charge in [0.15, 0.2) is 0 Å². The van der Waals surface area contributed by atoms with Crippen molar-refractivity contribution in [1.29, 1.82) is 0 Å². The monoisotopic (exact) mass is 301 g/mol. The molecule has 4 bridgehead atoms. The quantitative estimate of drug-likeness (QED) is 0.783. The Morgan fingerprint density at radius 3 is 2.36 bits per heavy atom. The molecular weight excluding hydrogens is 270 g/mol. The van der Waals surface area contributed by atoms with E-state index in [1.165, 1.54) is 76.9 Å². The van der Waals surface area contributed by atoms with Crippen LogP contribution in [0.5, 0.6) is 0 Å². The van der Waals surface area contributed by atoms with Gasteiger partial charge in [-0.15, -0.1) is 0 Å². The standard InChI is InChI=1S/C20H31NO/c22-12-20-10-13-7-14(11-20)9-16(8-13)19(20)18-6-5-15-3-1-2-4-17(15)21-18/h12-19,21H,1-11H2. The van der Waals surface area contributed by atoms with Crippen molar-refractivity contribution in [3.05, 3.63) is 0 Å². The largest absolute Gasteiger partial charge is 0.311 e. The second-order valence-corrected chi connectivity index (χ2v) is 9.49. The fraction of sp³-hybridized carbons (Fsp3) is 0.950. The van der Waals surface area contributed by atoms with Crippen LogP contribution >= 0.6 is 0 Å². The fourth-order valence-electron chi connectivity index (χ4n) is 7.85. The second-order valence-electron chi connectivity index (χ2n) is 9.49. The van der Waals surface area contributed by atoms with Gasteiger partial charge in [-0.3, -0.25) is 0 Å². The molecule has 6 aliphatic rings. The van der Waals surface area contributed by atoms with Crippen LogP contribution in [0.3, 0.4) is 0 Å². The topological polar surface area (TPSA) is 29.1 Å². The van der Waals surface area contributed by atoms with Crippen LogP contribution in [-0.4, -0.2) is 18.4 Å². The first-order chi connectivity index (χ1) is 10.8. The van der Waals surface area contributed by atoms with Gasteiger partial charge in [-0.1, -0.05) is 12.8 Å². The third kappa shape index (κ3) is 1.98. The molecule has 0 aromatic heterocycles. The Morgan fingerprint density at radius 1 is 0.818 bits per heavy atom. The van der Waals surface area contributed by atoms with E-state index in [1.54, 1.807) is 0 Å². The predicted octanol–water partition coefficient (Wildman–Crippen LogP) is 3.94. The van der Waals surface area contributed by atoms with Crippen LogP contribution in [0.25, 0.3) is 0 Å². The van der Waals surface area contributed by atoms with Crippen LogP contribution in [0, 0.1) is 35.0 Å². The van der Waals surface area contributed by atoms with Gasteiger partial charge in [0, 0.05) is 17.5 Å². The number of rotatable bonds is 2. The van der Waals surface area contributed by atoms with E-state index in [0.717, 1.165) is 29.7 Å². The molecule has 6 atom stereocenters. The molecule has 6 fully saturated rings. The Labute approximate surface area is 134 Å². The van der Waals surface area contributed by atoms with Crippen LogP contribution in [0.1, 0.15) is 70.6 Å². The fourth-order valence-corrected chi connectivity index (χ4v) is 7.85. The van der Waals surface area contributed by atoms with Crippen LogP contribution in [0.4, 0.5) is 0 Å². The van der Waals surface area contributed by atoms with Crippen LogP contribution in [0.15, 0.2) is 0 Å². The maximum atomic E-state index is 12.2. The molecule has 0 aromatic carbocycles. The van der Waals surface area contributed by atoms with Gasteiger partial charge in [0.2, 0.25) is 0 Å². The molecule has 6 unspecified atom stereocenters. The van der Waals surface area contributed by atoms with Gasteiger partial charge >= 0.3 is 0 Å². The summed E-state index contributed by atoms with van der Waals surface area (Å²) >= 11 is 0. The predicted molar refractivity (Wildman–Crippen MR) is 87.4 cm³/mol. The lowest BCUT2D eigenvalue weighted by atomic mass is 9.44. The van der Waals surface area contributed by atoms with Crippen molar-refractivity contribution in [3.8, 4) is 0 Å². The van der Waals surface area contributed by atoms with Gasteiger partial charge in [-0.25, -0.2) is 0 Å². The van der Waals surface area contributed by atoms with Crippen molar-refractivity contribution in [2.24, 2.45) is 35.0 Å². The average molecular weight is 301 g/mol. The molecule has 0 spiro atoms. The molecule has 2 nitrogen and oxygen atoms in total. The Morgan fingerprint density at radius 2 is 1.59 bits per heavy atom. The lowest BCUT2D eigenvalue weighted by Crippen LogP contribution is -2.62. The van der Waals surface area contributed by atoms with Gasteiger partial charge in [0.05, 0.1) is 0 Å². The lowest BCUT2D eigenvalue weighted by molar-refractivity contribution is -0.151. The molecule has 0 radical (unpaired) electrons. The maximum Gasteiger partial charge on any atom is 0.126 e. The summed E-state index contributed by atoms with van der Waals surface area (Å²) < 4.78 is 0. The Bertz CT molecular complexity index is 447. The number of carbonyl (C=O) groups excluding carboxylic acids is 1. The summed E-state index contributed by atoms with van der Waals surface area (Å²) in [6.07, 6.45) is 16.6. The van der Waals surface area contributed by atoms with Gasteiger partial charge < -0.3 is 10.1 Å². The molecule has 5 saturated carbocycles. The first kappa shape index (κ1) is 14.0. The summed E-state index contributed by atoms with van der Waals surface area (Å²) in [6.45, 7) is 0. The highest BCUT2D eigenvalue weighted by Crippen LogP contribution is 2.63. The Balaban J connectivity index is 1.41. The molecule has 5 aliphatic carbocycles. The van der Waals surface area contributed by atoms with Gasteiger partial charge in [0.1, 0.15) is 6.29 Å². The number of piperidine rings is 1. The molecule has 1 N–H and O–H groups in total. The van der Waals surface area contributed by atoms with Crippen molar-refractivity contribution in [1.82, 2.24) is 5.32 Å². The minimum absolute atomic E-state index is 0.0634. The first-order valence-corrected chi connectivity index (χ1v) is 10.00. The zero-order valence-electron chi connectivity index (χ0n) is 13.8. The molecule has 122 valence electrons. The van der Waals surface area contributed by atoms with E-state index in [0.29, 0.717) is 12.0 Å². The lowest BCUT2D eigenvalue weighted by Gasteiger charge is -2.62. The smallest absolute Gasteiger partial charge is 0.126 e. The van der Waals surface area contributed by atoms with Crippen molar-refractivity contribution < 1.29 is 4.79 Å². The van der Waals surface area contributed by atoms with E-state index in [-0.39, 0.29) is 5.41 Å². The van der Waals surface area contributed by atoms with Crippen molar-refractivity contribution in [2.45, 2.75) is 82.7 Å². The highest BCUT2D eigenvalue weighted by Gasteiger charge is 2.59. The van der Waals surface area contributed by atoms with E-state index < -0.39 is 0 Å². The average Bonchev–Trinajstić information content (AvgIpc) is 2.54. The molecule has 0 amide bonds. The summed E-state index contributed by atoms with van der Waals surface area (Å²) in [4.78, 5) is 12.2. The molecular formula is C20H31NO. The summed E-state index contributed by atoms with van der Waals surface area (Å²) in [6, 6.07) is 1.42. The minimum Gasteiger partial charge on any atom is -0.311 e. The maximum absolute atomic E-state index is 12.2. The molecule has 1 aliphatic heterocycles. The number of carbonyl (C=O) groups is 1. The normalized spacial score (nSPS) is 56.6. The Hall–Kier alpha value is -0.370. The van der Waals surface area contributed by atoms with E-state index in [1.807, 2.05) is 0 Å². The highest BCUT2D eigenvalue weighted by molar-refractivity contribution is 5.61. The minimum atomic E-state index is 0.0634. The summed E-state index contributed by atoms with van der Waals surface area (Å²) in [5, 5.41) is 4.08.